The molecule has 0 fully saturated rings. The van der Waals surface area contributed by atoms with Gasteiger partial charge >= 0.3 is 11.9 Å². The minimum Gasteiger partial charge on any atom is -0.480 e. The van der Waals surface area contributed by atoms with E-state index in [0.29, 0.717) is 6.61 Å². The van der Waals surface area contributed by atoms with Gasteiger partial charge in [-0.15, -0.1) is 0 Å². The van der Waals surface area contributed by atoms with Crippen LogP contribution in [-0.4, -0.2) is 48.2 Å². The monoisotopic (exact) mass is 342 g/mol. The summed E-state index contributed by atoms with van der Waals surface area (Å²) in [5.41, 5.74) is 7.91. The van der Waals surface area contributed by atoms with Crippen LogP contribution in [0.15, 0.2) is 18.2 Å². The molecule has 1 aromatic carbocycles. The summed E-state index contributed by atoms with van der Waals surface area (Å²) in [5.74, 6) is -0.337. The number of hydrogen-bond donors (Lipinski definition) is 3. The van der Waals surface area contributed by atoms with E-state index >= 15 is 0 Å². The molecule has 0 bridgehead atoms. The predicted molar refractivity (Wildman–Crippen MR) is 95.0 cm³/mol. The lowest BCUT2D eigenvalue weighted by molar-refractivity contribution is -0.143. The number of hydrogen-bond acceptors (Lipinski definition) is 6. The molecule has 1 atom stereocenters. The van der Waals surface area contributed by atoms with E-state index in [4.69, 9.17) is 9.84 Å². The van der Waals surface area contributed by atoms with Gasteiger partial charge < -0.3 is 20.9 Å². The van der Waals surface area contributed by atoms with Gasteiger partial charge in [-0.1, -0.05) is 17.7 Å². The number of carboxylic acid groups (broad SMARTS) is 1. The van der Waals surface area contributed by atoms with Gasteiger partial charge in [0, 0.05) is 11.4 Å². The number of ether oxygens (including phenoxy) is 1. The zero-order valence-electron chi connectivity index (χ0n) is 14.1. The summed E-state index contributed by atoms with van der Waals surface area (Å²) >= 11 is 1.67. The molecular formula is C16H26N2O4S. The van der Waals surface area contributed by atoms with Gasteiger partial charge in [-0.25, -0.2) is 4.79 Å². The number of carbonyl (C=O) groups is 2. The summed E-state index contributed by atoms with van der Waals surface area (Å²) < 4.78 is 5.16. The van der Waals surface area contributed by atoms with Crippen LogP contribution in [0, 0.1) is 13.8 Å². The molecular weight excluding hydrogens is 316 g/mol. The SMILES string of the molecule is CSCCOC(=O)[C@H](C)Nc1ccc(C)cc1C.NCC(=O)O. The van der Waals surface area contributed by atoms with Gasteiger partial charge in [0.15, 0.2) is 0 Å². The maximum absolute atomic E-state index is 11.7. The van der Waals surface area contributed by atoms with Gasteiger partial charge in [-0.3, -0.25) is 4.79 Å². The van der Waals surface area contributed by atoms with Crippen LogP contribution in [0.5, 0.6) is 0 Å². The molecule has 7 heteroatoms. The fourth-order valence-corrected chi connectivity index (χ4v) is 1.87. The van der Waals surface area contributed by atoms with Crippen molar-refractivity contribution in [1.29, 1.82) is 0 Å². The maximum atomic E-state index is 11.7. The van der Waals surface area contributed by atoms with E-state index in [9.17, 15) is 9.59 Å². The Morgan fingerprint density at radius 2 is 2.00 bits per heavy atom. The Labute approximate surface area is 141 Å². The molecule has 6 nitrogen and oxygen atoms in total. The first-order valence-corrected chi connectivity index (χ1v) is 8.62. The van der Waals surface area contributed by atoms with Crippen molar-refractivity contribution < 1.29 is 19.4 Å². The van der Waals surface area contributed by atoms with Crippen molar-refractivity contribution in [3.8, 4) is 0 Å². The minimum atomic E-state index is -0.968. The van der Waals surface area contributed by atoms with Gasteiger partial charge in [0.25, 0.3) is 0 Å². The molecule has 0 aromatic heterocycles. The molecule has 0 spiro atoms. The highest BCUT2D eigenvalue weighted by molar-refractivity contribution is 7.98. The average molecular weight is 342 g/mol. The van der Waals surface area contributed by atoms with Crippen molar-refractivity contribution in [1.82, 2.24) is 0 Å². The number of nitrogens with two attached hydrogens (primary N) is 1. The second-order valence-electron chi connectivity index (χ2n) is 4.94. The van der Waals surface area contributed by atoms with Crippen LogP contribution in [0.2, 0.25) is 0 Å². The summed E-state index contributed by atoms with van der Waals surface area (Å²) in [6.45, 7) is 6.09. The van der Waals surface area contributed by atoms with Crippen LogP contribution in [0.4, 0.5) is 5.69 Å². The number of aliphatic carboxylic acids is 1. The summed E-state index contributed by atoms with van der Waals surface area (Å²) in [6, 6.07) is 5.79. The van der Waals surface area contributed by atoms with Gasteiger partial charge in [0.05, 0.1) is 6.54 Å². The Hall–Kier alpha value is -1.73. The molecule has 0 unspecified atom stereocenters. The lowest BCUT2D eigenvalue weighted by atomic mass is 10.1. The highest BCUT2D eigenvalue weighted by atomic mass is 32.2. The number of nitrogens with one attached hydrogen (secondary N) is 1. The number of anilines is 1. The lowest BCUT2D eigenvalue weighted by Gasteiger charge is -2.16. The normalized spacial score (nSPS) is 11.0. The summed E-state index contributed by atoms with van der Waals surface area (Å²) in [4.78, 5) is 20.9. The van der Waals surface area contributed by atoms with E-state index in [-0.39, 0.29) is 18.6 Å². The first-order chi connectivity index (χ1) is 10.8. The first kappa shape index (κ1) is 21.3. The topological polar surface area (TPSA) is 102 Å². The van der Waals surface area contributed by atoms with Crippen LogP contribution in [0.1, 0.15) is 18.1 Å². The zero-order chi connectivity index (χ0) is 17.8. The third-order valence-corrected chi connectivity index (χ3v) is 3.39. The van der Waals surface area contributed by atoms with Gasteiger partial charge in [-0.2, -0.15) is 11.8 Å². The van der Waals surface area contributed by atoms with E-state index in [1.807, 2.05) is 32.2 Å². The zero-order valence-corrected chi connectivity index (χ0v) is 14.9. The number of carbonyl (C=O) groups excluding carboxylic acids is 1. The third-order valence-electron chi connectivity index (χ3n) is 2.81. The molecule has 4 N–H and O–H groups in total. The molecule has 0 aliphatic carbocycles. The number of carboxylic acids is 1. The van der Waals surface area contributed by atoms with E-state index in [2.05, 4.69) is 24.0 Å². The number of rotatable bonds is 7. The Bertz CT molecular complexity index is 509. The summed E-state index contributed by atoms with van der Waals surface area (Å²) in [5, 5.41) is 10.8. The van der Waals surface area contributed by atoms with Crippen molar-refractivity contribution in [3.05, 3.63) is 29.3 Å². The fraction of sp³-hybridized carbons (Fsp3) is 0.500. The second kappa shape index (κ2) is 11.8. The molecule has 0 aliphatic heterocycles. The van der Waals surface area contributed by atoms with E-state index in [0.717, 1.165) is 17.0 Å². The summed E-state index contributed by atoms with van der Waals surface area (Å²) in [6.07, 6.45) is 1.99. The van der Waals surface area contributed by atoms with Crippen molar-refractivity contribution in [3.63, 3.8) is 0 Å². The number of thioether (sulfide) groups is 1. The highest BCUT2D eigenvalue weighted by Crippen LogP contribution is 2.17. The molecule has 0 heterocycles. The molecule has 1 rings (SSSR count). The molecule has 1 aromatic rings. The van der Waals surface area contributed by atoms with Crippen LogP contribution in [0.25, 0.3) is 0 Å². The smallest absolute Gasteiger partial charge is 0.328 e. The standard InChI is InChI=1S/C14H21NO2S.C2H5NO2/c1-10-5-6-13(11(2)9-10)15-12(3)14(16)17-7-8-18-4;3-1-2(4)5/h5-6,9,12,15H,7-8H2,1-4H3;1,3H2,(H,4,5)/t12-;/m0./s1. The van der Waals surface area contributed by atoms with Crippen LogP contribution in [0.3, 0.4) is 0 Å². The molecule has 0 amide bonds. The van der Waals surface area contributed by atoms with Gasteiger partial charge in [-0.05, 0) is 38.7 Å². The lowest BCUT2D eigenvalue weighted by Crippen LogP contribution is -2.29. The highest BCUT2D eigenvalue weighted by Gasteiger charge is 2.14. The predicted octanol–water partition coefficient (Wildman–Crippen LogP) is 2.04. The number of benzene rings is 1. The van der Waals surface area contributed by atoms with Crippen LogP contribution >= 0.6 is 11.8 Å². The number of aryl methyl sites for hydroxylation is 2. The van der Waals surface area contributed by atoms with Crippen molar-refractivity contribution >= 4 is 29.4 Å². The van der Waals surface area contributed by atoms with E-state index < -0.39 is 5.97 Å². The van der Waals surface area contributed by atoms with Gasteiger partial charge in [0.1, 0.15) is 12.6 Å². The van der Waals surface area contributed by atoms with E-state index in [1.165, 1.54) is 5.56 Å². The Morgan fingerprint density at radius 1 is 1.39 bits per heavy atom. The Morgan fingerprint density at radius 3 is 2.48 bits per heavy atom. The second-order valence-corrected chi connectivity index (χ2v) is 5.93. The van der Waals surface area contributed by atoms with Crippen LogP contribution < -0.4 is 11.1 Å². The molecule has 0 saturated carbocycles. The Kier molecular flexibility index (Phi) is 10.9. The largest absolute Gasteiger partial charge is 0.480 e. The molecule has 0 saturated heterocycles. The van der Waals surface area contributed by atoms with Crippen LogP contribution in [-0.2, 0) is 14.3 Å². The number of esters is 1. The van der Waals surface area contributed by atoms with Gasteiger partial charge in [0.2, 0.25) is 0 Å². The quantitative estimate of drug-likeness (QED) is 0.515. The average Bonchev–Trinajstić information content (AvgIpc) is 2.50. The molecule has 0 radical (unpaired) electrons. The molecule has 23 heavy (non-hydrogen) atoms. The molecule has 130 valence electrons. The minimum absolute atomic E-state index is 0.205. The van der Waals surface area contributed by atoms with Crippen molar-refractivity contribution in [2.24, 2.45) is 5.73 Å². The first-order valence-electron chi connectivity index (χ1n) is 7.23. The van der Waals surface area contributed by atoms with Crippen molar-refractivity contribution in [2.75, 3.05) is 30.5 Å². The Balaban J connectivity index is 0.000000841. The van der Waals surface area contributed by atoms with E-state index in [1.54, 1.807) is 11.8 Å². The maximum Gasteiger partial charge on any atom is 0.328 e. The summed E-state index contributed by atoms with van der Waals surface area (Å²) in [7, 11) is 0. The molecule has 0 aliphatic rings. The fourth-order valence-electron chi connectivity index (χ4n) is 1.62. The van der Waals surface area contributed by atoms with Crippen molar-refractivity contribution in [2.45, 2.75) is 26.8 Å². The third kappa shape index (κ3) is 9.80.